The van der Waals surface area contributed by atoms with E-state index in [2.05, 4.69) is 5.32 Å². The van der Waals surface area contributed by atoms with Crippen LogP contribution in [0.4, 0.5) is 0 Å². The van der Waals surface area contributed by atoms with Crippen LogP contribution >= 0.6 is 0 Å². The number of carboxylic acids is 2. The summed E-state index contributed by atoms with van der Waals surface area (Å²) >= 11 is 0. The van der Waals surface area contributed by atoms with Gasteiger partial charge in [-0.15, -0.1) is 0 Å². The number of benzene rings is 1. The van der Waals surface area contributed by atoms with E-state index in [4.69, 9.17) is 4.74 Å². The normalized spacial score (nSPS) is 16.8. The highest BCUT2D eigenvalue weighted by Gasteiger charge is 2.38. The molecule has 0 bridgehead atoms. The van der Waals surface area contributed by atoms with Crippen LogP contribution in [0.5, 0.6) is 0 Å². The van der Waals surface area contributed by atoms with Gasteiger partial charge in [0.1, 0.15) is 0 Å². The number of nitrogens with one attached hydrogen (secondary N) is 1. The van der Waals surface area contributed by atoms with Crippen molar-refractivity contribution in [1.82, 2.24) is 10.2 Å². The smallest absolute Gasteiger partial charge is 0.334 e. The summed E-state index contributed by atoms with van der Waals surface area (Å²) in [4.78, 5) is 38.6. The first-order chi connectivity index (χ1) is 15.1. The van der Waals surface area contributed by atoms with E-state index in [1.165, 1.54) is 0 Å². The van der Waals surface area contributed by atoms with Gasteiger partial charge in [0.15, 0.2) is 0 Å². The minimum atomic E-state index is -1.21. The maximum Gasteiger partial charge on any atom is 0.334 e. The molecular weight excluding hydrogens is 412 g/mol. The molecule has 8 nitrogen and oxygen atoms in total. The Morgan fingerprint density at radius 2 is 1.75 bits per heavy atom. The monoisotopic (exact) mass is 442 g/mol. The number of carbonyl (C=O) groups is 3. The van der Waals surface area contributed by atoms with Crippen LogP contribution in [0.1, 0.15) is 44.2 Å². The summed E-state index contributed by atoms with van der Waals surface area (Å²) in [5.41, 5.74) is 2.11. The molecule has 0 saturated carbocycles. The molecule has 8 heteroatoms. The highest BCUT2D eigenvalue weighted by Crippen LogP contribution is 2.40. The second-order valence-corrected chi connectivity index (χ2v) is 7.93. The summed E-state index contributed by atoms with van der Waals surface area (Å²) in [6, 6.07) is 6.90. The van der Waals surface area contributed by atoms with Crippen LogP contribution < -0.4 is 5.32 Å². The fraction of sp³-hybridized carbons (Fsp3) is 0.375. The Morgan fingerprint density at radius 1 is 1.12 bits per heavy atom. The van der Waals surface area contributed by atoms with Gasteiger partial charge in [0.2, 0.25) is 0 Å². The van der Waals surface area contributed by atoms with Gasteiger partial charge in [-0.1, -0.05) is 31.2 Å². The van der Waals surface area contributed by atoms with E-state index in [1.54, 1.807) is 63.2 Å². The first kappa shape index (κ1) is 24.9. The van der Waals surface area contributed by atoms with E-state index >= 15 is 0 Å². The molecule has 0 spiro atoms. The lowest BCUT2D eigenvalue weighted by atomic mass is 9.78. The van der Waals surface area contributed by atoms with E-state index in [-0.39, 0.29) is 11.1 Å². The van der Waals surface area contributed by atoms with Gasteiger partial charge in [0.05, 0.1) is 23.7 Å². The highest BCUT2D eigenvalue weighted by atomic mass is 16.5. The number of hydrogen-bond acceptors (Lipinski definition) is 6. The largest absolute Gasteiger partial charge is 0.478 e. The summed E-state index contributed by atoms with van der Waals surface area (Å²) in [7, 11) is 3.60. The van der Waals surface area contributed by atoms with E-state index in [1.807, 2.05) is 6.92 Å². The summed E-state index contributed by atoms with van der Waals surface area (Å²) in [5.74, 6) is -3.91. The molecule has 0 saturated heterocycles. The summed E-state index contributed by atoms with van der Waals surface area (Å²) in [5, 5.41) is 23.0. The molecule has 172 valence electrons. The Bertz CT molecular complexity index is 1000. The molecule has 1 heterocycles. The molecule has 1 aliphatic rings. The van der Waals surface area contributed by atoms with Crippen molar-refractivity contribution in [3.8, 4) is 0 Å². The third-order valence-electron chi connectivity index (χ3n) is 5.02. The average molecular weight is 443 g/mol. The first-order valence-corrected chi connectivity index (χ1v) is 10.3. The van der Waals surface area contributed by atoms with Crippen LogP contribution in [0.25, 0.3) is 6.08 Å². The van der Waals surface area contributed by atoms with Crippen molar-refractivity contribution >= 4 is 24.0 Å². The van der Waals surface area contributed by atoms with Crippen molar-refractivity contribution in [1.29, 1.82) is 0 Å². The lowest BCUT2D eigenvalue weighted by Crippen LogP contribution is -2.36. The van der Waals surface area contributed by atoms with Crippen LogP contribution in [0.3, 0.4) is 0 Å². The SMILES string of the molecule is CCCOC(=O)C(C)=Cc1ccccc1C1C(C(=O)O)=C(C)NC(CN(C)C)=C1C(=O)O. The first-order valence-electron chi connectivity index (χ1n) is 10.3. The van der Waals surface area contributed by atoms with Crippen molar-refractivity contribution in [2.75, 3.05) is 27.2 Å². The van der Waals surface area contributed by atoms with E-state index in [9.17, 15) is 24.6 Å². The molecule has 0 radical (unpaired) electrons. The Labute approximate surface area is 187 Å². The molecular formula is C24H30N2O6. The second-order valence-electron chi connectivity index (χ2n) is 7.93. The average Bonchev–Trinajstić information content (AvgIpc) is 2.70. The minimum absolute atomic E-state index is 0.0336. The standard InChI is InChI=1S/C24H30N2O6/c1-6-11-32-24(31)14(2)12-16-9-7-8-10-17(16)20-19(22(27)28)15(3)25-18(13-26(4)5)21(20)23(29)30/h7-10,12,20,25H,6,11,13H2,1-5H3,(H,27,28)(H,29,30). The topological polar surface area (TPSA) is 116 Å². The van der Waals surface area contributed by atoms with E-state index in [0.29, 0.717) is 47.7 Å². The lowest BCUT2D eigenvalue weighted by Gasteiger charge is -2.31. The van der Waals surface area contributed by atoms with Crippen molar-refractivity contribution in [2.24, 2.45) is 0 Å². The molecule has 2 rings (SSSR count). The fourth-order valence-electron chi connectivity index (χ4n) is 3.69. The number of likely N-dealkylation sites (N-methyl/N-ethyl adjacent to an activating group) is 1. The van der Waals surface area contributed by atoms with Gasteiger partial charge in [0.25, 0.3) is 0 Å². The Morgan fingerprint density at radius 3 is 2.31 bits per heavy atom. The predicted molar refractivity (Wildman–Crippen MR) is 121 cm³/mol. The van der Waals surface area contributed by atoms with E-state index < -0.39 is 23.8 Å². The molecule has 0 amide bonds. The molecule has 1 aliphatic heterocycles. The van der Waals surface area contributed by atoms with Gasteiger partial charge in [-0.25, -0.2) is 14.4 Å². The van der Waals surface area contributed by atoms with Crippen LogP contribution in [-0.4, -0.2) is 60.3 Å². The van der Waals surface area contributed by atoms with E-state index in [0.717, 1.165) is 0 Å². The molecule has 32 heavy (non-hydrogen) atoms. The summed E-state index contributed by atoms with van der Waals surface area (Å²) in [6.07, 6.45) is 2.30. The second kappa shape index (κ2) is 10.8. The minimum Gasteiger partial charge on any atom is -0.478 e. The number of hydrogen-bond donors (Lipinski definition) is 3. The third-order valence-corrected chi connectivity index (χ3v) is 5.02. The van der Waals surface area contributed by atoms with Crippen molar-refractivity contribution in [2.45, 2.75) is 33.1 Å². The fourth-order valence-corrected chi connectivity index (χ4v) is 3.69. The molecule has 1 aromatic rings. The number of carbonyl (C=O) groups excluding carboxylic acids is 1. The Balaban J connectivity index is 2.72. The molecule has 1 unspecified atom stereocenters. The Kier molecular flexibility index (Phi) is 8.37. The number of aliphatic carboxylic acids is 2. The lowest BCUT2D eigenvalue weighted by molar-refractivity contribution is -0.139. The number of ether oxygens (including phenoxy) is 1. The third kappa shape index (κ3) is 5.64. The molecule has 1 atom stereocenters. The Hall–Kier alpha value is -3.39. The van der Waals surface area contributed by atoms with Crippen molar-refractivity contribution in [3.05, 3.63) is 63.5 Å². The number of allylic oxidation sites excluding steroid dienone is 1. The van der Waals surface area contributed by atoms with Crippen molar-refractivity contribution in [3.63, 3.8) is 0 Å². The summed E-state index contributed by atoms with van der Waals surface area (Å²) in [6.45, 7) is 5.72. The number of esters is 1. The molecule has 1 aromatic carbocycles. The van der Waals surface area contributed by atoms with Crippen LogP contribution in [0, 0.1) is 0 Å². The number of dihydropyridines is 1. The molecule has 3 N–H and O–H groups in total. The van der Waals surface area contributed by atoms with Crippen molar-refractivity contribution < 1.29 is 29.3 Å². The number of nitrogens with zero attached hydrogens (tertiary/aromatic N) is 1. The maximum absolute atomic E-state index is 12.3. The summed E-state index contributed by atoms with van der Waals surface area (Å²) < 4.78 is 5.18. The molecule has 0 aromatic heterocycles. The van der Waals surface area contributed by atoms with Gasteiger partial charge in [-0.05, 0) is 51.6 Å². The van der Waals surface area contributed by atoms with Gasteiger partial charge in [-0.3, -0.25) is 0 Å². The van der Waals surface area contributed by atoms with Crippen LogP contribution in [0.15, 0.2) is 52.4 Å². The molecule has 0 aliphatic carbocycles. The predicted octanol–water partition coefficient (Wildman–Crippen LogP) is 2.99. The zero-order valence-corrected chi connectivity index (χ0v) is 19.1. The van der Waals surface area contributed by atoms with Gasteiger partial charge >= 0.3 is 17.9 Å². The van der Waals surface area contributed by atoms with Gasteiger partial charge in [0, 0.05) is 23.5 Å². The number of rotatable bonds is 9. The van der Waals surface area contributed by atoms with Crippen LogP contribution in [-0.2, 0) is 19.1 Å². The highest BCUT2D eigenvalue weighted by molar-refractivity contribution is 5.99. The zero-order chi connectivity index (χ0) is 24.0. The molecule has 0 fully saturated rings. The zero-order valence-electron chi connectivity index (χ0n) is 19.1. The quantitative estimate of drug-likeness (QED) is 0.395. The van der Waals surface area contributed by atoms with Gasteiger partial charge < -0.3 is 25.2 Å². The van der Waals surface area contributed by atoms with Gasteiger partial charge in [-0.2, -0.15) is 0 Å². The van der Waals surface area contributed by atoms with Crippen LogP contribution in [0.2, 0.25) is 0 Å². The maximum atomic E-state index is 12.3. The number of carboxylic acid groups (broad SMARTS) is 2.